The maximum absolute atomic E-state index is 12.5. The lowest BCUT2D eigenvalue weighted by molar-refractivity contribution is 0.0736. The Balaban J connectivity index is 1.50. The van der Waals surface area contributed by atoms with Gasteiger partial charge < -0.3 is 10.2 Å². The summed E-state index contributed by atoms with van der Waals surface area (Å²) in [7, 11) is 0. The first-order valence-corrected chi connectivity index (χ1v) is 9.42. The molecule has 1 aromatic heterocycles. The smallest absolute Gasteiger partial charge is 0.253 e. The molecule has 2 N–H and O–H groups in total. The minimum Gasteiger partial charge on any atom is -0.336 e. The van der Waals surface area contributed by atoms with E-state index in [-0.39, 0.29) is 5.91 Å². The molecule has 4 rings (SSSR count). The second kappa shape index (κ2) is 7.43. The van der Waals surface area contributed by atoms with Crippen molar-refractivity contribution < 1.29 is 4.79 Å². The summed E-state index contributed by atoms with van der Waals surface area (Å²) < 4.78 is 1.02. The van der Waals surface area contributed by atoms with Gasteiger partial charge in [0.25, 0.3) is 5.91 Å². The molecule has 3 aromatic rings. The van der Waals surface area contributed by atoms with Gasteiger partial charge in [-0.25, -0.2) is 0 Å². The first kappa shape index (κ1) is 17.0. The lowest BCUT2D eigenvalue weighted by Gasteiger charge is -2.27. The van der Waals surface area contributed by atoms with E-state index in [4.69, 9.17) is 0 Å². The number of benzene rings is 2. The lowest BCUT2D eigenvalue weighted by atomic mass is 10.1. The molecule has 0 saturated carbocycles. The van der Waals surface area contributed by atoms with Crippen LogP contribution in [0.2, 0.25) is 0 Å². The Morgan fingerprint density at radius 3 is 2.62 bits per heavy atom. The molecule has 1 saturated heterocycles. The Morgan fingerprint density at radius 1 is 1.08 bits per heavy atom. The third-order valence-electron chi connectivity index (χ3n) is 4.55. The van der Waals surface area contributed by atoms with Crippen molar-refractivity contribution in [2.75, 3.05) is 26.2 Å². The predicted octanol–water partition coefficient (Wildman–Crippen LogP) is 3.54. The number of piperazine rings is 1. The zero-order chi connectivity index (χ0) is 17.9. The third-order valence-corrected chi connectivity index (χ3v) is 5.04. The van der Waals surface area contributed by atoms with Crippen LogP contribution < -0.4 is 5.32 Å². The van der Waals surface area contributed by atoms with E-state index in [1.165, 1.54) is 0 Å². The number of fused-ring (bicyclic) bond motifs is 1. The normalized spacial score (nSPS) is 15.0. The molecule has 0 unspecified atom stereocenters. The van der Waals surface area contributed by atoms with Crippen LogP contribution in [0.25, 0.3) is 23.1 Å². The van der Waals surface area contributed by atoms with Crippen LogP contribution in [0.5, 0.6) is 0 Å². The number of hydrogen-bond acceptors (Lipinski definition) is 3. The maximum atomic E-state index is 12.5. The van der Waals surface area contributed by atoms with Crippen LogP contribution in [0, 0.1) is 0 Å². The zero-order valence-electron chi connectivity index (χ0n) is 14.2. The number of aromatic amines is 1. The van der Waals surface area contributed by atoms with Gasteiger partial charge in [-0.05, 0) is 42.0 Å². The zero-order valence-corrected chi connectivity index (χ0v) is 15.8. The largest absolute Gasteiger partial charge is 0.336 e. The molecule has 26 heavy (non-hydrogen) atoms. The fraction of sp³-hybridized carbons (Fsp3) is 0.200. The van der Waals surface area contributed by atoms with Crippen LogP contribution in [0.15, 0.2) is 46.9 Å². The van der Waals surface area contributed by atoms with Crippen LogP contribution >= 0.6 is 15.9 Å². The van der Waals surface area contributed by atoms with Crippen molar-refractivity contribution >= 4 is 44.9 Å². The van der Waals surface area contributed by atoms with Crippen molar-refractivity contribution in [1.29, 1.82) is 0 Å². The highest BCUT2D eigenvalue weighted by atomic mass is 79.9. The molecule has 2 aromatic carbocycles. The van der Waals surface area contributed by atoms with Gasteiger partial charge in [0.2, 0.25) is 0 Å². The molecular formula is C20H19BrN4O. The molecule has 1 aliphatic heterocycles. The molecule has 0 spiro atoms. The molecule has 6 heteroatoms. The Bertz CT molecular complexity index is 956. The number of nitrogens with zero attached hydrogens (tertiary/aromatic N) is 2. The third kappa shape index (κ3) is 3.57. The van der Waals surface area contributed by atoms with E-state index in [2.05, 4.69) is 31.4 Å². The summed E-state index contributed by atoms with van der Waals surface area (Å²) in [6.07, 6.45) is 4.03. The van der Waals surface area contributed by atoms with Crippen LogP contribution in [0.4, 0.5) is 0 Å². The van der Waals surface area contributed by atoms with E-state index >= 15 is 0 Å². The van der Waals surface area contributed by atoms with Gasteiger partial charge in [-0.15, -0.1) is 0 Å². The van der Waals surface area contributed by atoms with Crippen LogP contribution in [-0.2, 0) is 0 Å². The number of H-pyrrole nitrogens is 1. The molecule has 0 atom stereocenters. The van der Waals surface area contributed by atoms with E-state index in [1.807, 2.05) is 59.5 Å². The van der Waals surface area contributed by atoms with Crippen molar-refractivity contribution in [1.82, 2.24) is 20.4 Å². The van der Waals surface area contributed by atoms with Crippen LogP contribution in [-0.4, -0.2) is 47.2 Å². The second-order valence-corrected chi connectivity index (χ2v) is 7.21. The minimum atomic E-state index is 0.103. The molecule has 0 aliphatic carbocycles. The van der Waals surface area contributed by atoms with Gasteiger partial charge in [-0.2, -0.15) is 5.10 Å². The highest BCUT2D eigenvalue weighted by molar-refractivity contribution is 9.10. The molecule has 0 radical (unpaired) electrons. The van der Waals surface area contributed by atoms with Crippen molar-refractivity contribution in [3.05, 3.63) is 63.8 Å². The number of carbonyl (C=O) groups is 1. The fourth-order valence-electron chi connectivity index (χ4n) is 3.10. The summed E-state index contributed by atoms with van der Waals surface area (Å²) in [4.78, 5) is 14.4. The van der Waals surface area contributed by atoms with Gasteiger partial charge in [0.1, 0.15) is 0 Å². The van der Waals surface area contributed by atoms with E-state index in [1.54, 1.807) is 0 Å². The van der Waals surface area contributed by atoms with E-state index < -0.39 is 0 Å². The van der Waals surface area contributed by atoms with Gasteiger partial charge in [0, 0.05) is 41.6 Å². The van der Waals surface area contributed by atoms with Crippen molar-refractivity contribution in [3.8, 4) is 0 Å². The summed E-state index contributed by atoms with van der Waals surface area (Å²) >= 11 is 3.50. The van der Waals surface area contributed by atoms with Crippen molar-refractivity contribution in [3.63, 3.8) is 0 Å². The molecule has 5 nitrogen and oxygen atoms in total. The van der Waals surface area contributed by atoms with E-state index in [0.717, 1.165) is 58.4 Å². The van der Waals surface area contributed by atoms with Gasteiger partial charge in [0.15, 0.2) is 0 Å². The quantitative estimate of drug-likeness (QED) is 0.693. The van der Waals surface area contributed by atoms with Gasteiger partial charge in [-0.1, -0.05) is 34.1 Å². The summed E-state index contributed by atoms with van der Waals surface area (Å²) in [6, 6.07) is 13.7. The standard InChI is InChI=1S/C20H19BrN4O/c21-16-6-8-19-17(13-16)18(23-24-19)7-3-14-1-4-15(5-2-14)20(26)25-11-9-22-10-12-25/h1-8,13,22H,9-12H2,(H,23,24)/b7-3+. The van der Waals surface area contributed by atoms with Crippen molar-refractivity contribution in [2.45, 2.75) is 0 Å². The molecule has 132 valence electrons. The Labute approximate surface area is 160 Å². The second-order valence-electron chi connectivity index (χ2n) is 6.30. The Hall–Kier alpha value is -2.44. The highest BCUT2D eigenvalue weighted by Crippen LogP contribution is 2.22. The first-order chi connectivity index (χ1) is 12.7. The Kier molecular flexibility index (Phi) is 4.86. The number of aromatic nitrogens is 2. The number of carbonyl (C=O) groups excluding carboxylic acids is 1. The number of halogens is 1. The van der Waals surface area contributed by atoms with E-state index in [0.29, 0.717) is 0 Å². The predicted molar refractivity (Wildman–Crippen MR) is 108 cm³/mol. The average molecular weight is 411 g/mol. The number of hydrogen-bond donors (Lipinski definition) is 2. The first-order valence-electron chi connectivity index (χ1n) is 8.62. The topological polar surface area (TPSA) is 61.0 Å². The SMILES string of the molecule is O=C(c1ccc(/C=C/c2[nH]nc3ccc(Br)cc23)cc1)N1CCNCC1. The molecular weight excluding hydrogens is 392 g/mol. The number of nitrogens with one attached hydrogen (secondary N) is 2. The summed E-state index contributed by atoms with van der Waals surface area (Å²) in [5.74, 6) is 0.103. The molecule has 2 heterocycles. The fourth-order valence-corrected chi connectivity index (χ4v) is 3.46. The Morgan fingerprint density at radius 2 is 1.85 bits per heavy atom. The average Bonchev–Trinajstić information content (AvgIpc) is 3.09. The van der Waals surface area contributed by atoms with Crippen molar-refractivity contribution in [2.24, 2.45) is 0 Å². The number of rotatable bonds is 3. The maximum Gasteiger partial charge on any atom is 0.253 e. The number of amides is 1. The van der Waals surface area contributed by atoms with Gasteiger partial charge >= 0.3 is 0 Å². The highest BCUT2D eigenvalue weighted by Gasteiger charge is 2.17. The molecule has 1 aliphatic rings. The monoisotopic (exact) mass is 410 g/mol. The lowest BCUT2D eigenvalue weighted by Crippen LogP contribution is -2.46. The van der Waals surface area contributed by atoms with Crippen LogP contribution in [0.1, 0.15) is 21.6 Å². The van der Waals surface area contributed by atoms with Gasteiger partial charge in [0.05, 0.1) is 11.2 Å². The molecule has 1 amide bonds. The van der Waals surface area contributed by atoms with Crippen LogP contribution in [0.3, 0.4) is 0 Å². The van der Waals surface area contributed by atoms with E-state index in [9.17, 15) is 4.79 Å². The molecule has 1 fully saturated rings. The summed E-state index contributed by atoms with van der Waals surface area (Å²) in [5.41, 5.74) is 3.67. The minimum absolute atomic E-state index is 0.103. The molecule has 0 bridgehead atoms. The van der Waals surface area contributed by atoms with Gasteiger partial charge in [-0.3, -0.25) is 9.89 Å². The summed E-state index contributed by atoms with van der Waals surface area (Å²) in [5, 5.41) is 11.7. The summed E-state index contributed by atoms with van der Waals surface area (Å²) in [6.45, 7) is 3.26.